The number of hydrogen-bond acceptors (Lipinski definition) is 3. The van der Waals surface area contributed by atoms with E-state index in [1.165, 1.54) is 0 Å². The maximum Gasteiger partial charge on any atom is 0.0590 e. The number of rotatable bonds is 0. The number of aromatic nitrogens is 2. The van der Waals surface area contributed by atoms with Crippen LogP contribution in [0.4, 0.5) is 0 Å². The van der Waals surface area contributed by atoms with E-state index in [9.17, 15) is 0 Å². The average Bonchev–Trinajstić information content (AvgIpc) is 2.21. The maximum absolute atomic E-state index is 4.22. The highest BCUT2D eigenvalue weighted by Crippen LogP contribution is 2.13. The summed E-state index contributed by atoms with van der Waals surface area (Å²) in [6.07, 6.45) is 9.37. The fourth-order valence-corrected chi connectivity index (χ4v) is 1.32. The summed E-state index contributed by atoms with van der Waals surface area (Å²) in [5.74, 6) is 0. The molecule has 3 nitrogen and oxygen atoms in total. The van der Waals surface area contributed by atoms with Crippen LogP contribution >= 0.6 is 0 Å². The summed E-state index contributed by atoms with van der Waals surface area (Å²) in [6, 6.07) is 0. The molecule has 0 unspecified atom stereocenters. The fraction of sp³-hybridized carbons (Fsp3) is 0.300. The first kappa shape index (κ1) is 8.10. The summed E-state index contributed by atoms with van der Waals surface area (Å²) >= 11 is 0. The van der Waals surface area contributed by atoms with E-state index in [-0.39, 0.29) is 5.41 Å². The molecule has 0 bridgehead atoms. The Hall–Kier alpha value is -1.51. The molecule has 1 aromatic heterocycles. The van der Waals surface area contributed by atoms with Crippen LogP contribution in [0.3, 0.4) is 0 Å². The average molecular weight is 173 g/mol. The second-order valence-corrected chi connectivity index (χ2v) is 3.77. The Morgan fingerprint density at radius 1 is 1.08 bits per heavy atom. The van der Waals surface area contributed by atoms with E-state index >= 15 is 0 Å². The van der Waals surface area contributed by atoms with Crippen LogP contribution in [0.25, 0.3) is 12.3 Å². The molecule has 0 aromatic carbocycles. The van der Waals surface area contributed by atoms with E-state index in [0.717, 1.165) is 10.4 Å². The lowest BCUT2D eigenvalue weighted by molar-refractivity contribution is 0.740. The highest BCUT2D eigenvalue weighted by Gasteiger charge is 2.11. The highest BCUT2D eigenvalue weighted by molar-refractivity contribution is 5.76. The normalized spacial score (nSPS) is 18.0. The third kappa shape index (κ3) is 1.64. The lowest BCUT2D eigenvalue weighted by Gasteiger charge is -2.10. The summed E-state index contributed by atoms with van der Waals surface area (Å²) in [5.41, 5.74) is -0.00914. The molecule has 0 amide bonds. The molecule has 0 radical (unpaired) electrons. The number of hydrogen-bond donors (Lipinski definition) is 0. The van der Waals surface area contributed by atoms with Gasteiger partial charge >= 0.3 is 0 Å². The predicted octanol–water partition coefficient (Wildman–Crippen LogP) is 0.106. The lowest BCUT2D eigenvalue weighted by atomic mass is 9.94. The molecule has 2 heterocycles. The minimum Gasteiger partial charge on any atom is -0.267 e. The topological polar surface area (TPSA) is 38.1 Å². The third-order valence-corrected chi connectivity index (χ3v) is 1.94. The molecule has 0 fully saturated rings. The van der Waals surface area contributed by atoms with Gasteiger partial charge in [-0.05, 0) is 0 Å². The van der Waals surface area contributed by atoms with Crippen LogP contribution in [0.5, 0.6) is 0 Å². The van der Waals surface area contributed by atoms with Crippen molar-refractivity contribution in [1.29, 1.82) is 0 Å². The first-order chi connectivity index (χ1) is 6.17. The van der Waals surface area contributed by atoms with Gasteiger partial charge in [0.2, 0.25) is 0 Å². The van der Waals surface area contributed by atoms with E-state index in [0.29, 0.717) is 0 Å². The van der Waals surface area contributed by atoms with Gasteiger partial charge in [0.05, 0.1) is 12.4 Å². The van der Waals surface area contributed by atoms with Crippen LogP contribution in [0.1, 0.15) is 13.8 Å². The van der Waals surface area contributed by atoms with Crippen molar-refractivity contribution >= 4 is 18.5 Å². The van der Waals surface area contributed by atoms with Crippen molar-refractivity contribution in [2.45, 2.75) is 13.8 Å². The second-order valence-electron chi connectivity index (χ2n) is 3.77. The largest absolute Gasteiger partial charge is 0.267 e. The van der Waals surface area contributed by atoms with Crippen LogP contribution in [0, 0.1) is 5.41 Å². The van der Waals surface area contributed by atoms with E-state index in [1.54, 1.807) is 12.4 Å². The van der Waals surface area contributed by atoms with Gasteiger partial charge < -0.3 is 0 Å². The predicted molar refractivity (Wildman–Crippen MR) is 52.5 cm³/mol. The molecular formula is C10H11N3. The van der Waals surface area contributed by atoms with Crippen molar-refractivity contribution in [3.8, 4) is 0 Å². The number of nitrogens with zero attached hydrogens (tertiary/aromatic N) is 3. The molecule has 1 aromatic rings. The standard InChI is InChI=1S/C10H11N3/c1-10(2)3-8-5-12-13-6-9(8)4-11-7-10/h3-7H,1-2H3. The smallest absolute Gasteiger partial charge is 0.0590 e. The number of fused-ring (bicyclic) bond motifs is 1. The van der Waals surface area contributed by atoms with Gasteiger partial charge in [-0.1, -0.05) is 19.9 Å². The summed E-state index contributed by atoms with van der Waals surface area (Å²) in [4.78, 5) is 4.22. The van der Waals surface area contributed by atoms with Gasteiger partial charge in [-0.2, -0.15) is 10.2 Å². The molecule has 0 saturated carbocycles. The first-order valence-electron chi connectivity index (χ1n) is 4.21. The fourth-order valence-electron chi connectivity index (χ4n) is 1.32. The minimum atomic E-state index is -0.00914. The Morgan fingerprint density at radius 3 is 2.54 bits per heavy atom. The Morgan fingerprint density at radius 2 is 1.77 bits per heavy atom. The molecule has 1 aliphatic rings. The van der Waals surface area contributed by atoms with Gasteiger partial charge in [-0.3, -0.25) is 4.99 Å². The van der Waals surface area contributed by atoms with Crippen molar-refractivity contribution in [1.82, 2.24) is 10.2 Å². The van der Waals surface area contributed by atoms with Crippen LogP contribution < -0.4 is 10.4 Å². The Bertz CT molecular complexity index is 457. The SMILES string of the molecule is CC1(C)C=NC=c2cnncc2=C1. The van der Waals surface area contributed by atoms with Gasteiger partial charge in [0.25, 0.3) is 0 Å². The molecule has 66 valence electrons. The van der Waals surface area contributed by atoms with Gasteiger partial charge in [-0.25, -0.2) is 0 Å². The summed E-state index contributed by atoms with van der Waals surface area (Å²) < 4.78 is 0. The zero-order valence-electron chi connectivity index (χ0n) is 7.73. The van der Waals surface area contributed by atoms with Crippen molar-refractivity contribution in [2.75, 3.05) is 0 Å². The van der Waals surface area contributed by atoms with Crippen LogP contribution in [-0.4, -0.2) is 16.4 Å². The lowest BCUT2D eigenvalue weighted by Crippen LogP contribution is -2.27. The Labute approximate surface area is 76.5 Å². The molecule has 0 saturated heterocycles. The molecule has 13 heavy (non-hydrogen) atoms. The molecule has 0 spiro atoms. The Kier molecular flexibility index (Phi) is 1.72. The monoisotopic (exact) mass is 173 g/mol. The van der Waals surface area contributed by atoms with Crippen molar-refractivity contribution in [2.24, 2.45) is 10.4 Å². The summed E-state index contributed by atoms with van der Waals surface area (Å²) in [6.45, 7) is 4.22. The molecule has 0 aliphatic carbocycles. The molecule has 3 heteroatoms. The van der Waals surface area contributed by atoms with E-state index in [1.807, 2.05) is 12.4 Å². The number of aliphatic imine (C=N–C) groups is 1. The van der Waals surface area contributed by atoms with Gasteiger partial charge in [0.15, 0.2) is 0 Å². The van der Waals surface area contributed by atoms with Crippen molar-refractivity contribution in [3.05, 3.63) is 22.8 Å². The van der Waals surface area contributed by atoms with Crippen molar-refractivity contribution < 1.29 is 0 Å². The third-order valence-electron chi connectivity index (χ3n) is 1.94. The van der Waals surface area contributed by atoms with Crippen LogP contribution in [-0.2, 0) is 0 Å². The van der Waals surface area contributed by atoms with Crippen LogP contribution in [0.15, 0.2) is 17.4 Å². The highest BCUT2D eigenvalue weighted by atomic mass is 15.1. The van der Waals surface area contributed by atoms with E-state index in [2.05, 4.69) is 35.1 Å². The molecule has 0 atom stereocenters. The zero-order valence-corrected chi connectivity index (χ0v) is 7.73. The second kappa shape index (κ2) is 2.76. The quantitative estimate of drug-likeness (QED) is 0.558. The van der Waals surface area contributed by atoms with Gasteiger partial charge in [-0.15, -0.1) is 0 Å². The Balaban J connectivity index is 2.77. The molecule has 2 rings (SSSR count). The minimum absolute atomic E-state index is 0.00914. The van der Waals surface area contributed by atoms with Gasteiger partial charge in [0.1, 0.15) is 0 Å². The molecule has 0 N–H and O–H groups in total. The molecular weight excluding hydrogens is 162 g/mol. The molecule has 1 aliphatic heterocycles. The van der Waals surface area contributed by atoms with Crippen LogP contribution in [0.2, 0.25) is 0 Å². The maximum atomic E-state index is 4.22. The van der Waals surface area contributed by atoms with E-state index < -0.39 is 0 Å². The summed E-state index contributed by atoms with van der Waals surface area (Å²) in [7, 11) is 0. The van der Waals surface area contributed by atoms with Gasteiger partial charge in [0, 0.05) is 28.3 Å². The van der Waals surface area contributed by atoms with Crippen molar-refractivity contribution in [3.63, 3.8) is 0 Å². The first-order valence-corrected chi connectivity index (χ1v) is 4.21. The van der Waals surface area contributed by atoms with E-state index in [4.69, 9.17) is 0 Å². The summed E-state index contributed by atoms with van der Waals surface area (Å²) in [5, 5.41) is 9.78. The zero-order chi connectivity index (χ0) is 9.31.